The van der Waals surface area contributed by atoms with Gasteiger partial charge in [-0.1, -0.05) is 29.8 Å². The lowest BCUT2D eigenvalue weighted by Gasteiger charge is -2.24. The first kappa shape index (κ1) is 21.7. The third-order valence-corrected chi connectivity index (χ3v) is 7.19. The van der Waals surface area contributed by atoms with Crippen LogP contribution < -0.4 is 9.73 Å². The Bertz CT molecular complexity index is 1150. The van der Waals surface area contributed by atoms with E-state index < -0.39 is 15.9 Å². The molecule has 0 aliphatic rings. The Balaban J connectivity index is 1.90. The number of nitrogens with zero attached hydrogens (tertiary/aromatic N) is 2. The second-order valence-electron chi connectivity index (χ2n) is 6.90. The molecule has 0 fully saturated rings. The fourth-order valence-corrected chi connectivity index (χ4v) is 4.73. The van der Waals surface area contributed by atoms with E-state index in [4.69, 9.17) is 0 Å². The lowest BCUT2D eigenvalue weighted by molar-refractivity contribution is -0.119. The summed E-state index contributed by atoms with van der Waals surface area (Å²) >= 11 is 1.48. The standard InChI is InChI=1S/C22H23N3O3S2/c1-16-6-10-21(11-7-16)30(27,28)25(19-9-8-17(2)18(3)13-19)15-22(26)24-23-14-20-5-4-12-29-20/h4-14H,15H2,1-3H3,(H,24,26)/b23-14-. The van der Waals surface area contributed by atoms with Gasteiger partial charge >= 0.3 is 0 Å². The van der Waals surface area contributed by atoms with Crippen LogP contribution >= 0.6 is 11.3 Å². The summed E-state index contributed by atoms with van der Waals surface area (Å²) in [5.74, 6) is -0.531. The van der Waals surface area contributed by atoms with Crippen molar-refractivity contribution < 1.29 is 13.2 Å². The Kier molecular flexibility index (Phi) is 6.69. The van der Waals surface area contributed by atoms with E-state index in [1.54, 1.807) is 36.4 Å². The van der Waals surface area contributed by atoms with Gasteiger partial charge in [-0.15, -0.1) is 11.3 Å². The fourth-order valence-electron chi connectivity index (χ4n) is 2.73. The molecule has 30 heavy (non-hydrogen) atoms. The summed E-state index contributed by atoms with van der Waals surface area (Å²) in [7, 11) is -3.94. The molecule has 6 nitrogen and oxygen atoms in total. The van der Waals surface area contributed by atoms with Gasteiger partial charge in [0.15, 0.2) is 0 Å². The number of benzene rings is 2. The molecule has 8 heteroatoms. The molecule has 0 saturated heterocycles. The predicted octanol–water partition coefficient (Wildman–Crippen LogP) is 4.02. The first-order valence-electron chi connectivity index (χ1n) is 9.29. The molecule has 0 aliphatic heterocycles. The van der Waals surface area contributed by atoms with Crippen molar-refractivity contribution in [1.82, 2.24) is 5.43 Å². The number of aryl methyl sites for hydroxylation is 3. The molecule has 0 spiro atoms. The van der Waals surface area contributed by atoms with E-state index in [0.29, 0.717) is 5.69 Å². The molecule has 1 amide bonds. The molecule has 0 aliphatic carbocycles. The maximum Gasteiger partial charge on any atom is 0.264 e. The summed E-state index contributed by atoms with van der Waals surface area (Å²) in [6.07, 6.45) is 1.53. The molecule has 1 heterocycles. The minimum absolute atomic E-state index is 0.126. The van der Waals surface area contributed by atoms with Crippen LogP contribution in [-0.4, -0.2) is 27.1 Å². The smallest absolute Gasteiger partial charge is 0.264 e. The highest BCUT2D eigenvalue weighted by atomic mass is 32.2. The number of hydrogen-bond donors (Lipinski definition) is 1. The zero-order chi connectivity index (χ0) is 21.7. The topological polar surface area (TPSA) is 78.8 Å². The molecule has 3 rings (SSSR count). The van der Waals surface area contributed by atoms with Gasteiger partial charge in [0.1, 0.15) is 6.54 Å². The molecule has 2 aromatic carbocycles. The normalized spacial score (nSPS) is 11.6. The minimum atomic E-state index is -3.94. The Morgan fingerprint density at radius 3 is 2.43 bits per heavy atom. The zero-order valence-electron chi connectivity index (χ0n) is 17.0. The van der Waals surface area contributed by atoms with Gasteiger partial charge in [-0.2, -0.15) is 5.10 Å². The highest BCUT2D eigenvalue weighted by Gasteiger charge is 2.27. The van der Waals surface area contributed by atoms with Crippen LogP contribution in [0.2, 0.25) is 0 Å². The Hall–Kier alpha value is -2.97. The lowest BCUT2D eigenvalue weighted by Crippen LogP contribution is -2.39. The monoisotopic (exact) mass is 441 g/mol. The molecule has 0 saturated carbocycles. The molecule has 0 bridgehead atoms. The summed E-state index contributed by atoms with van der Waals surface area (Å²) in [4.78, 5) is 13.5. The molecule has 0 atom stereocenters. The Morgan fingerprint density at radius 1 is 1.07 bits per heavy atom. The van der Waals surface area contributed by atoms with Crippen molar-refractivity contribution in [2.75, 3.05) is 10.8 Å². The van der Waals surface area contributed by atoms with Crippen LogP contribution in [0, 0.1) is 20.8 Å². The van der Waals surface area contributed by atoms with E-state index in [2.05, 4.69) is 10.5 Å². The van der Waals surface area contributed by atoms with Gasteiger partial charge in [0.25, 0.3) is 15.9 Å². The van der Waals surface area contributed by atoms with Gasteiger partial charge in [-0.25, -0.2) is 13.8 Å². The van der Waals surface area contributed by atoms with E-state index >= 15 is 0 Å². The van der Waals surface area contributed by atoms with E-state index in [1.807, 2.05) is 44.4 Å². The van der Waals surface area contributed by atoms with E-state index in [-0.39, 0.29) is 11.4 Å². The highest BCUT2D eigenvalue weighted by molar-refractivity contribution is 7.92. The predicted molar refractivity (Wildman–Crippen MR) is 122 cm³/mol. The quantitative estimate of drug-likeness (QED) is 0.444. The molecule has 0 unspecified atom stereocenters. The third kappa shape index (κ3) is 5.14. The Morgan fingerprint density at radius 2 is 1.80 bits per heavy atom. The SMILES string of the molecule is Cc1ccc(S(=O)(=O)N(CC(=O)N/N=C\c2cccs2)c2ccc(C)c(C)c2)cc1. The van der Waals surface area contributed by atoms with Crippen molar-refractivity contribution in [1.29, 1.82) is 0 Å². The van der Waals surface area contributed by atoms with Gasteiger partial charge in [0, 0.05) is 4.88 Å². The molecule has 3 aromatic rings. The van der Waals surface area contributed by atoms with Crippen LogP contribution in [0.4, 0.5) is 5.69 Å². The molecule has 156 valence electrons. The molecular weight excluding hydrogens is 418 g/mol. The van der Waals surface area contributed by atoms with Crippen LogP contribution in [0.25, 0.3) is 0 Å². The summed E-state index contributed by atoms with van der Waals surface area (Å²) in [5, 5.41) is 5.82. The van der Waals surface area contributed by atoms with Crippen molar-refractivity contribution in [3.05, 3.63) is 81.5 Å². The van der Waals surface area contributed by atoms with Gasteiger partial charge in [0.2, 0.25) is 0 Å². The van der Waals surface area contributed by atoms with E-state index in [0.717, 1.165) is 25.9 Å². The summed E-state index contributed by atoms with van der Waals surface area (Å²) in [5.41, 5.74) is 5.77. The van der Waals surface area contributed by atoms with Crippen LogP contribution in [0.15, 0.2) is 70.0 Å². The number of rotatable bonds is 7. The third-order valence-electron chi connectivity index (χ3n) is 4.60. The van der Waals surface area contributed by atoms with E-state index in [1.165, 1.54) is 17.6 Å². The minimum Gasteiger partial charge on any atom is -0.271 e. The largest absolute Gasteiger partial charge is 0.271 e. The number of carbonyl (C=O) groups is 1. The summed E-state index contributed by atoms with van der Waals surface area (Å²) in [6, 6.07) is 15.6. The van der Waals surface area contributed by atoms with Gasteiger partial charge in [-0.05, 0) is 67.6 Å². The number of thiophene rings is 1. The average Bonchev–Trinajstić information content (AvgIpc) is 3.22. The van der Waals surface area contributed by atoms with Crippen molar-refractivity contribution in [3.63, 3.8) is 0 Å². The number of hydrogen-bond acceptors (Lipinski definition) is 5. The van der Waals surface area contributed by atoms with Crippen molar-refractivity contribution in [2.45, 2.75) is 25.7 Å². The molecular formula is C22H23N3O3S2. The maximum absolute atomic E-state index is 13.3. The molecule has 1 aromatic heterocycles. The second-order valence-corrected chi connectivity index (χ2v) is 9.74. The fraction of sp³-hybridized carbons (Fsp3) is 0.182. The summed E-state index contributed by atoms with van der Waals surface area (Å²) in [6.45, 7) is 5.35. The number of amides is 1. The zero-order valence-corrected chi connectivity index (χ0v) is 18.6. The van der Waals surface area contributed by atoms with Crippen LogP contribution in [0.5, 0.6) is 0 Å². The number of sulfonamides is 1. The summed E-state index contributed by atoms with van der Waals surface area (Å²) < 4.78 is 27.8. The Labute approximate surface area is 180 Å². The van der Waals surface area contributed by atoms with E-state index in [9.17, 15) is 13.2 Å². The number of hydrazone groups is 1. The van der Waals surface area contributed by atoms with Gasteiger partial charge in [-0.3, -0.25) is 9.10 Å². The second kappa shape index (κ2) is 9.23. The maximum atomic E-state index is 13.3. The van der Waals surface area contributed by atoms with Crippen molar-refractivity contribution >= 4 is 39.2 Å². The first-order chi connectivity index (χ1) is 14.3. The molecule has 0 radical (unpaired) electrons. The number of anilines is 1. The van der Waals surface area contributed by atoms with Crippen LogP contribution in [0.1, 0.15) is 21.6 Å². The van der Waals surface area contributed by atoms with Crippen molar-refractivity contribution in [2.24, 2.45) is 5.10 Å². The average molecular weight is 442 g/mol. The van der Waals surface area contributed by atoms with Gasteiger partial charge in [0.05, 0.1) is 16.8 Å². The van der Waals surface area contributed by atoms with Crippen LogP contribution in [0.3, 0.4) is 0 Å². The number of nitrogens with one attached hydrogen (secondary N) is 1. The highest BCUT2D eigenvalue weighted by Crippen LogP contribution is 2.26. The lowest BCUT2D eigenvalue weighted by atomic mass is 10.1. The van der Waals surface area contributed by atoms with Gasteiger partial charge < -0.3 is 0 Å². The number of carbonyl (C=O) groups excluding carboxylic acids is 1. The van der Waals surface area contributed by atoms with Crippen molar-refractivity contribution in [3.8, 4) is 0 Å². The molecule has 1 N–H and O–H groups in total. The first-order valence-corrected chi connectivity index (χ1v) is 11.6. The van der Waals surface area contributed by atoms with Crippen LogP contribution in [-0.2, 0) is 14.8 Å².